The molecule has 0 aromatic carbocycles. The number of nitrogens with one attached hydrogen (secondary N) is 3. The van der Waals surface area contributed by atoms with Crippen LogP contribution in [0.3, 0.4) is 0 Å². The van der Waals surface area contributed by atoms with Crippen molar-refractivity contribution in [1.82, 2.24) is 15.5 Å². The highest BCUT2D eigenvalue weighted by Crippen LogP contribution is 2.25. The number of nitrogens with zero attached hydrogens (tertiary/aromatic N) is 1. The van der Waals surface area contributed by atoms with Gasteiger partial charge in [0.25, 0.3) is 5.91 Å². The van der Waals surface area contributed by atoms with Gasteiger partial charge in [-0.05, 0) is 38.2 Å². The molecular weight excluding hydrogens is 378 g/mol. The minimum Gasteiger partial charge on any atom is -0.483 e. The predicted octanol–water partition coefficient (Wildman–Crippen LogP) is 3.09. The third-order valence-electron chi connectivity index (χ3n) is 5.54. The second-order valence-electron chi connectivity index (χ2n) is 7.76. The van der Waals surface area contributed by atoms with E-state index in [1.165, 1.54) is 6.08 Å². The van der Waals surface area contributed by atoms with Gasteiger partial charge in [0, 0.05) is 50.9 Å². The average Bonchev–Trinajstić information content (AvgIpc) is 2.89. The predicted molar refractivity (Wildman–Crippen MR) is 108 cm³/mol. The van der Waals surface area contributed by atoms with Crippen molar-refractivity contribution in [2.45, 2.75) is 57.1 Å². The summed E-state index contributed by atoms with van der Waals surface area (Å²) in [5, 5.41) is 14.0. The van der Waals surface area contributed by atoms with E-state index in [9.17, 15) is 13.6 Å². The fraction of sp³-hybridized carbons (Fsp3) is 0.619. The van der Waals surface area contributed by atoms with Gasteiger partial charge in [-0.2, -0.15) is 0 Å². The van der Waals surface area contributed by atoms with Crippen molar-refractivity contribution in [3.05, 3.63) is 35.3 Å². The van der Waals surface area contributed by atoms with Crippen molar-refractivity contribution in [2.75, 3.05) is 26.2 Å². The zero-order chi connectivity index (χ0) is 20.6. The van der Waals surface area contributed by atoms with Crippen molar-refractivity contribution in [1.29, 1.82) is 5.41 Å². The van der Waals surface area contributed by atoms with Gasteiger partial charge < -0.3 is 25.7 Å². The lowest BCUT2D eigenvalue weighted by Crippen LogP contribution is -2.45. The van der Waals surface area contributed by atoms with Crippen LogP contribution in [0.25, 0.3) is 0 Å². The van der Waals surface area contributed by atoms with Gasteiger partial charge in [-0.25, -0.2) is 8.78 Å². The van der Waals surface area contributed by atoms with Crippen LogP contribution in [0.2, 0.25) is 0 Å². The molecule has 0 bridgehead atoms. The molecular formula is C21H30F2N4O2. The van der Waals surface area contributed by atoms with Gasteiger partial charge in [0.2, 0.25) is 5.76 Å². The molecule has 29 heavy (non-hydrogen) atoms. The molecule has 2 aliphatic carbocycles. The Morgan fingerprint density at radius 2 is 1.97 bits per heavy atom. The van der Waals surface area contributed by atoms with Crippen LogP contribution >= 0.6 is 0 Å². The summed E-state index contributed by atoms with van der Waals surface area (Å²) < 4.78 is 33.4. The van der Waals surface area contributed by atoms with Crippen LogP contribution in [-0.4, -0.2) is 55.3 Å². The lowest BCUT2D eigenvalue weighted by atomic mass is 9.98. The molecule has 0 spiro atoms. The number of carbonyl (C=O) groups excluding carboxylic acids is 1. The fourth-order valence-electron chi connectivity index (χ4n) is 3.99. The van der Waals surface area contributed by atoms with Crippen LogP contribution in [0.4, 0.5) is 8.78 Å². The van der Waals surface area contributed by atoms with E-state index in [4.69, 9.17) is 10.1 Å². The lowest BCUT2D eigenvalue weighted by Gasteiger charge is -2.32. The summed E-state index contributed by atoms with van der Waals surface area (Å²) in [6.45, 7) is 2.87. The molecule has 6 nitrogen and oxygen atoms in total. The van der Waals surface area contributed by atoms with Crippen molar-refractivity contribution in [3.8, 4) is 0 Å². The number of ether oxygens (including phenoxy) is 1. The number of rotatable bonds is 6. The quantitative estimate of drug-likeness (QED) is 0.359. The van der Waals surface area contributed by atoms with Gasteiger partial charge in [-0.3, -0.25) is 4.79 Å². The summed E-state index contributed by atoms with van der Waals surface area (Å²) in [5.41, 5.74) is 0.445. The first kappa shape index (κ1) is 21.5. The highest BCUT2D eigenvalue weighted by molar-refractivity contribution is 5.97. The molecule has 1 saturated heterocycles. The van der Waals surface area contributed by atoms with Gasteiger partial charge in [0.05, 0.1) is 6.10 Å². The van der Waals surface area contributed by atoms with Crippen LogP contribution < -0.4 is 10.6 Å². The van der Waals surface area contributed by atoms with Crippen molar-refractivity contribution in [3.63, 3.8) is 0 Å². The summed E-state index contributed by atoms with van der Waals surface area (Å²) in [6.07, 6.45) is 8.36. The molecule has 1 unspecified atom stereocenters. The number of allylic oxidation sites excluding steroid dienone is 3. The highest BCUT2D eigenvalue weighted by Gasteiger charge is 2.28. The van der Waals surface area contributed by atoms with Gasteiger partial charge in [-0.1, -0.05) is 6.42 Å². The standard InChI is InChI=1S/C21H30F2N4O2/c22-15-6-7-17(13-16(23)12-15)26-21(28)20(29-18-4-2-1-3-5-18)19(14-24)27-10-8-25-9-11-27/h6,12,14,17-18,24-25H,1-5,7-11,13H2,(H,26,28)/b20-19-,24-14?. The van der Waals surface area contributed by atoms with E-state index in [2.05, 4.69) is 10.6 Å². The summed E-state index contributed by atoms with van der Waals surface area (Å²) in [5.74, 6) is -1.59. The van der Waals surface area contributed by atoms with Crippen LogP contribution in [0, 0.1) is 5.41 Å². The maximum atomic E-state index is 13.8. The molecule has 3 rings (SSSR count). The molecule has 1 heterocycles. The molecule has 1 saturated carbocycles. The van der Waals surface area contributed by atoms with Crippen molar-refractivity contribution in [2.24, 2.45) is 0 Å². The van der Waals surface area contributed by atoms with Crippen LogP contribution in [0.5, 0.6) is 0 Å². The Labute approximate surface area is 170 Å². The summed E-state index contributed by atoms with van der Waals surface area (Å²) in [4.78, 5) is 15.1. The SMILES string of the molecule is N=C/C(=C(/OC1CCCCC1)C(=O)NC1CC=C(F)C=C(F)C1)N1CCNCC1. The number of halogens is 2. The molecule has 8 heteroatoms. The van der Waals surface area contributed by atoms with Crippen molar-refractivity contribution >= 4 is 12.1 Å². The minimum atomic E-state index is -0.630. The van der Waals surface area contributed by atoms with E-state index in [-0.39, 0.29) is 24.7 Å². The number of piperazine rings is 1. The van der Waals surface area contributed by atoms with Gasteiger partial charge in [0.1, 0.15) is 17.4 Å². The third-order valence-corrected chi connectivity index (χ3v) is 5.54. The largest absolute Gasteiger partial charge is 0.483 e. The molecule has 1 atom stereocenters. The Balaban J connectivity index is 1.80. The zero-order valence-electron chi connectivity index (χ0n) is 16.7. The molecule has 0 aromatic heterocycles. The number of carbonyl (C=O) groups is 1. The Morgan fingerprint density at radius 3 is 2.66 bits per heavy atom. The summed E-state index contributed by atoms with van der Waals surface area (Å²) in [7, 11) is 0. The molecule has 3 N–H and O–H groups in total. The molecule has 160 valence electrons. The molecule has 1 amide bonds. The van der Waals surface area contributed by atoms with E-state index in [1.807, 2.05) is 4.90 Å². The van der Waals surface area contributed by atoms with Crippen LogP contribution in [0.1, 0.15) is 44.9 Å². The number of hydrogen-bond acceptors (Lipinski definition) is 5. The first-order valence-corrected chi connectivity index (χ1v) is 10.5. The van der Waals surface area contributed by atoms with E-state index in [1.54, 1.807) is 0 Å². The van der Waals surface area contributed by atoms with Gasteiger partial charge in [-0.15, -0.1) is 0 Å². The smallest absolute Gasteiger partial charge is 0.288 e. The van der Waals surface area contributed by atoms with Gasteiger partial charge in [0.15, 0.2) is 0 Å². The zero-order valence-corrected chi connectivity index (χ0v) is 16.7. The molecule has 0 aromatic rings. The molecule has 2 fully saturated rings. The maximum absolute atomic E-state index is 13.8. The van der Waals surface area contributed by atoms with Crippen molar-refractivity contribution < 1.29 is 18.3 Å². The normalized spacial score (nSPS) is 24.6. The number of amides is 1. The topological polar surface area (TPSA) is 77.5 Å². The molecule has 0 radical (unpaired) electrons. The Hall–Kier alpha value is -2.22. The lowest BCUT2D eigenvalue weighted by molar-refractivity contribution is -0.123. The van der Waals surface area contributed by atoms with E-state index >= 15 is 0 Å². The fourth-order valence-corrected chi connectivity index (χ4v) is 3.99. The first-order chi connectivity index (χ1) is 14.1. The molecule has 1 aliphatic heterocycles. The van der Waals surface area contributed by atoms with Gasteiger partial charge >= 0.3 is 0 Å². The van der Waals surface area contributed by atoms with E-state index < -0.39 is 23.6 Å². The minimum absolute atomic E-state index is 0.0644. The average molecular weight is 408 g/mol. The van der Waals surface area contributed by atoms with Crippen LogP contribution in [-0.2, 0) is 9.53 Å². The number of hydrogen-bond donors (Lipinski definition) is 3. The monoisotopic (exact) mass is 408 g/mol. The summed E-state index contributed by atoms with van der Waals surface area (Å²) >= 11 is 0. The molecule has 3 aliphatic rings. The third kappa shape index (κ3) is 6.13. The Morgan fingerprint density at radius 1 is 1.24 bits per heavy atom. The van der Waals surface area contributed by atoms with E-state index in [0.29, 0.717) is 18.8 Å². The maximum Gasteiger partial charge on any atom is 0.288 e. The van der Waals surface area contributed by atoms with E-state index in [0.717, 1.165) is 57.5 Å². The first-order valence-electron chi connectivity index (χ1n) is 10.5. The highest BCUT2D eigenvalue weighted by atomic mass is 19.1. The Kier molecular flexibility index (Phi) is 7.80. The Bertz CT molecular complexity index is 693. The summed E-state index contributed by atoms with van der Waals surface area (Å²) in [6, 6.07) is -0.563. The second kappa shape index (κ2) is 10.5. The second-order valence-corrected chi connectivity index (χ2v) is 7.76. The van der Waals surface area contributed by atoms with Crippen LogP contribution in [0.15, 0.2) is 35.3 Å².